The van der Waals surface area contributed by atoms with E-state index in [1.807, 2.05) is 12.1 Å². The van der Waals surface area contributed by atoms with Crippen LogP contribution in [0.1, 0.15) is 37.8 Å². The third-order valence-electron chi connectivity index (χ3n) is 3.40. The Kier molecular flexibility index (Phi) is 5.44. The molecule has 110 valence electrons. The maximum Gasteiger partial charge on any atom is 0.137 e. The fraction of sp³-hybridized carbons (Fsp3) is 0.562. The standard InChI is InChI=1S/C16H22ClNO2/c1-11(2)18-6-3-4-15(19)10-13-9-14(17)8-12-5-7-20-16(12)13/h8-9,11,18H,3-7,10H2,1-2H3. The summed E-state index contributed by atoms with van der Waals surface area (Å²) in [5.74, 6) is 1.12. The number of fused-ring (bicyclic) bond motifs is 1. The highest BCUT2D eigenvalue weighted by Gasteiger charge is 2.19. The number of carbonyl (C=O) groups is 1. The van der Waals surface area contributed by atoms with Crippen LogP contribution in [0, 0.1) is 0 Å². The number of ketones is 1. The molecule has 3 nitrogen and oxygen atoms in total. The van der Waals surface area contributed by atoms with Gasteiger partial charge in [0.2, 0.25) is 0 Å². The molecular weight excluding hydrogens is 274 g/mol. The van der Waals surface area contributed by atoms with Crippen LogP contribution in [0.2, 0.25) is 5.02 Å². The number of nitrogens with one attached hydrogen (secondary N) is 1. The van der Waals surface area contributed by atoms with Gasteiger partial charge in [0.05, 0.1) is 6.61 Å². The van der Waals surface area contributed by atoms with Crippen molar-refractivity contribution in [3.63, 3.8) is 0 Å². The zero-order chi connectivity index (χ0) is 14.5. The van der Waals surface area contributed by atoms with Crippen molar-refractivity contribution in [2.45, 2.75) is 45.6 Å². The van der Waals surface area contributed by atoms with Gasteiger partial charge in [0, 0.05) is 35.9 Å². The van der Waals surface area contributed by atoms with Crippen LogP contribution in [0.5, 0.6) is 5.75 Å². The predicted octanol–water partition coefficient (Wildman–Crippen LogP) is 3.16. The van der Waals surface area contributed by atoms with E-state index in [1.54, 1.807) is 0 Å². The maximum atomic E-state index is 12.0. The Labute approximate surface area is 125 Å². The van der Waals surface area contributed by atoms with Crippen LogP contribution in [-0.2, 0) is 17.6 Å². The van der Waals surface area contributed by atoms with Gasteiger partial charge in [0.1, 0.15) is 11.5 Å². The summed E-state index contributed by atoms with van der Waals surface area (Å²) in [7, 11) is 0. The largest absolute Gasteiger partial charge is 0.493 e. The Bertz CT molecular complexity index is 486. The van der Waals surface area contributed by atoms with Gasteiger partial charge in [-0.1, -0.05) is 25.4 Å². The number of benzene rings is 1. The molecule has 20 heavy (non-hydrogen) atoms. The number of carbonyl (C=O) groups excluding carboxylic acids is 1. The van der Waals surface area contributed by atoms with Crippen molar-refractivity contribution in [1.29, 1.82) is 0 Å². The van der Waals surface area contributed by atoms with Crippen molar-refractivity contribution in [1.82, 2.24) is 5.32 Å². The maximum absolute atomic E-state index is 12.0. The summed E-state index contributed by atoms with van der Waals surface area (Å²) in [4.78, 5) is 12.0. The predicted molar refractivity (Wildman–Crippen MR) is 81.7 cm³/mol. The van der Waals surface area contributed by atoms with Gasteiger partial charge in [-0.2, -0.15) is 0 Å². The van der Waals surface area contributed by atoms with Crippen molar-refractivity contribution in [2.75, 3.05) is 13.2 Å². The fourth-order valence-corrected chi connectivity index (χ4v) is 2.72. The van der Waals surface area contributed by atoms with Gasteiger partial charge >= 0.3 is 0 Å². The Balaban J connectivity index is 1.88. The van der Waals surface area contributed by atoms with Gasteiger partial charge < -0.3 is 10.1 Å². The highest BCUT2D eigenvalue weighted by molar-refractivity contribution is 6.30. The summed E-state index contributed by atoms with van der Waals surface area (Å²) in [6, 6.07) is 4.26. The quantitative estimate of drug-likeness (QED) is 0.785. The minimum Gasteiger partial charge on any atom is -0.493 e. The summed E-state index contributed by atoms with van der Waals surface area (Å²) in [6.45, 7) is 5.78. The van der Waals surface area contributed by atoms with Crippen LogP contribution in [0.4, 0.5) is 0 Å². The van der Waals surface area contributed by atoms with E-state index in [0.29, 0.717) is 30.5 Å². The zero-order valence-corrected chi connectivity index (χ0v) is 12.9. The van der Waals surface area contributed by atoms with Crippen LogP contribution in [0.3, 0.4) is 0 Å². The normalized spacial score (nSPS) is 13.4. The van der Waals surface area contributed by atoms with Crippen molar-refractivity contribution in [3.05, 3.63) is 28.3 Å². The molecule has 0 bridgehead atoms. The zero-order valence-electron chi connectivity index (χ0n) is 12.2. The third kappa shape index (κ3) is 4.22. The second-order valence-corrected chi connectivity index (χ2v) is 6.02. The minimum atomic E-state index is 0.246. The lowest BCUT2D eigenvalue weighted by Crippen LogP contribution is -2.24. The first-order valence-corrected chi connectivity index (χ1v) is 7.63. The number of hydrogen-bond donors (Lipinski definition) is 1. The van der Waals surface area contributed by atoms with Gasteiger partial charge in [0.25, 0.3) is 0 Å². The molecule has 0 aliphatic carbocycles. The average molecular weight is 296 g/mol. The van der Waals surface area contributed by atoms with Crippen LogP contribution in [0.25, 0.3) is 0 Å². The molecule has 2 rings (SSSR count). The van der Waals surface area contributed by atoms with Gasteiger partial charge in [-0.05, 0) is 30.7 Å². The van der Waals surface area contributed by atoms with E-state index in [4.69, 9.17) is 16.3 Å². The summed E-state index contributed by atoms with van der Waals surface area (Å²) >= 11 is 6.10. The molecule has 1 aromatic rings. The first-order chi connectivity index (χ1) is 9.56. The van der Waals surface area contributed by atoms with E-state index in [-0.39, 0.29) is 5.78 Å². The molecular formula is C16H22ClNO2. The summed E-state index contributed by atoms with van der Waals surface area (Å²) in [6.07, 6.45) is 2.78. The Morgan fingerprint density at radius 2 is 2.25 bits per heavy atom. The molecule has 0 unspecified atom stereocenters. The molecule has 0 radical (unpaired) electrons. The van der Waals surface area contributed by atoms with Crippen molar-refractivity contribution in [2.24, 2.45) is 0 Å². The lowest BCUT2D eigenvalue weighted by molar-refractivity contribution is -0.118. The third-order valence-corrected chi connectivity index (χ3v) is 3.62. The molecule has 0 aromatic heterocycles. The molecule has 1 heterocycles. The molecule has 0 saturated carbocycles. The molecule has 1 N–H and O–H groups in total. The smallest absolute Gasteiger partial charge is 0.137 e. The summed E-state index contributed by atoms with van der Waals surface area (Å²) in [5.41, 5.74) is 2.06. The van der Waals surface area contributed by atoms with E-state index >= 15 is 0 Å². The van der Waals surface area contributed by atoms with Gasteiger partial charge in [0.15, 0.2) is 0 Å². The second-order valence-electron chi connectivity index (χ2n) is 5.58. The molecule has 0 amide bonds. The second kappa shape index (κ2) is 7.09. The molecule has 0 saturated heterocycles. The van der Waals surface area contributed by atoms with E-state index in [2.05, 4.69) is 19.2 Å². The highest BCUT2D eigenvalue weighted by Crippen LogP contribution is 2.33. The molecule has 0 fully saturated rings. The summed E-state index contributed by atoms with van der Waals surface area (Å²) in [5, 5.41) is 4.01. The lowest BCUT2D eigenvalue weighted by atomic mass is 10.0. The Morgan fingerprint density at radius 3 is 3.00 bits per heavy atom. The number of hydrogen-bond acceptors (Lipinski definition) is 3. The van der Waals surface area contributed by atoms with Crippen molar-refractivity contribution < 1.29 is 9.53 Å². The minimum absolute atomic E-state index is 0.246. The molecule has 4 heteroatoms. The Hall–Kier alpha value is -1.06. The van der Waals surface area contributed by atoms with Crippen LogP contribution < -0.4 is 10.1 Å². The van der Waals surface area contributed by atoms with E-state index < -0.39 is 0 Å². The first kappa shape index (κ1) is 15.3. The summed E-state index contributed by atoms with van der Waals surface area (Å²) < 4.78 is 5.62. The highest BCUT2D eigenvalue weighted by atomic mass is 35.5. The molecule has 1 aliphatic heterocycles. The topological polar surface area (TPSA) is 38.3 Å². The van der Waals surface area contributed by atoms with Gasteiger partial charge in [-0.15, -0.1) is 0 Å². The van der Waals surface area contributed by atoms with Crippen molar-refractivity contribution >= 4 is 17.4 Å². The number of rotatable bonds is 7. The van der Waals surface area contributed by atoms with E-state index in [1.165, 1.54) is 0 Å². The van der Waals surface area contributed by atoms with Crippen LogP contribution >= 0.6 is 11.6 Å². The van der Waals surface area contributed by atoms with Crippen molar-refractivity contribution in [3.8, 4) is 5.75 Å². The number of ether oxygens (including phenoxy) is 1. The molecule has 1 aliphatic rings. The lowest BCUT2D eigenvalue weighted by Gasteiger charge is -2.09. The average Bonchev–Trinajstić information content (AvgIpc) is 2.82. The SMILES string of the molecule is CC(C)NCCCC(=O)Cc1cc(Cl)cc2c1OCC2. The van der Waals surface area contributed by atoms with Gasteiger partial charge in [-0.25, -0.2) is 0 Å². The van der Waals surface area contributed by atoms with Gasteiger partial charge in [-0.3, -0.25) is 4.79 Å². The first-order valence-electron chi connectivity index (χ1n) is 7.25. The van der Waals surface area contributed by atoms with E-state index in [9.17, 15) is 4.79 Å². The molecule has 0 atom stereocenters. The van der Waals surface area contributed by atoms with Crippen LogP contribution in [-0.4, -0.2) is 25.0 Å². The monoisotopic (exact) mass is 295 g/mol. The van der Waals surface area contributed by atoms with Crippen LogP contribution in [0.15, 0.2) is 12.1 Å². The number of halogens is 1. The number of Topliss-reactive ketones (excluding diaryl/α,β-unsaturated/α-hetero) is 1. The fourth-order valence-electron chi connectivity index (χ4n) is 2.45. The molecule has 0 spiro atoms. The van der Waals surface area contributed by atoms with E-state index in [0.717, 1.165) is 36.3 Å². The molecule has 1 aromatic carbocycles. The Morgan fingerprint density at radius 1 is 1.45 bits per heavy atom.